The largest absolute Gasteiger partial charge is 0.490 e. The van der Waals surface area contributed by atoms with Crippen LogP contribution in [-0.2, 0) is 35.3 Å². The molecule has 13 heteroatoms. The van der Waals surface area contributed by atoms with E-state index >= 15 is 0 Å². The number of anilines is 1. The molecular formula is C25H26F4N4O4S. The van der Waals surface area contributed by atoms with E-state index in [0.717, 1.165) is 65.7 Å². The number of aromatic nitrogens is 3. The SMILES string of the molecule is O=C(O)C(F)(F)F.O=C(O)CC(Cc1nnc(CCCc2ccc3c(n2)NCCC3)s1)c1ccc(F)cc1. The van der Waals surface area contributed by atoms with Crippen LogP contribution in [0, 0.1) is 5.82 Å². The number of carboxylic acids is 2. The summed E-state index contributed by atoms with van der Waals surface area (Å²) in [5, 5.41) is 30.1. The molecule has 0 spiro atoms. The lowest BCUT2D eigenvalue weighted by molar-refractivity contribution is -0.192. The van der Waals surface area contributed by atoms with Crippen LogP contribution in [0.2, 0.25) is 0 Å². The number of hydrogen-bond acceptors (Lipinski definition) is 7. The summed E-state index contributed by atoms with van der Waals surface area (Å²) in [6, 6.07) is 10.3. The number of hydrogen-bond donors (Lipinski definition) is 3. The number of carbonyl (C=O) groups is 2. The van der Waals surface area contributed by atoms with Gasteiger partial charge in [-0.05, 0) is 55.0 Å². The average Bonchev–Trinajstić information content (AvgIpc) is 3.30. The standard InChI is InChI=1S/C23H25FN4O2S.C2HF3O2/c24-18-9-6-15(7-10-18)17(14-22(29)30)13-21-28-27-20(31-21)5-1-4-19-11-8-16-3-2-12-25-23(16)26-19;3-2(4,5)1(6)7/h6-11,17H,1-5,12-14H2,(H,25,26)(H,29,30);(H,6,7). The maximum atomic E-state index is 13.2. The molecule has 38 heavy (non-hydrogen) atoms. The van der Waals surface area contributed by atoms with E-state index in [0.29, 0.717) is 6.42 Å². The average molecular weight is 555 g/mol. The third-order valence-electron chi connectivity index (χ3n) is 5.71. The Morgan fingerprint density at radius 3 is 2.37 bits per heavy atom. The molecule has 2 aromatic heterocycles. The van der Waals surface area contributed by atoms with E-state index in [1.807, 2.05) is 0 Å². The first-order valence-electron chi connectivity index (χ1n) is 11.8. The second-order valence-corrected chi connectivity index (χ2v) is 9.78. The second kappa shape index (κ2) is 13.3. The molecule has 0 bridgehead atoms. The highest BCUT2D eigenvalue weighted by atomic mass is 32.1. The quantitative estimate of drug-likeness (QED) is 0.314. The lowest BCUT2D eigenvalue weighted by Gasteiger charge is -2.17. The number of pyridine rings is 1. The molecule has 0 radical (unpaired) electrons. The predicted octanol–water partition coefficient (Wildman–Crippen LogP) is 5.04. The van der Waals surface area contributed by atoms with Crippen molar-refractivity contribution in [2.24, 2.45) is 0 Å². The number of aryl methyl sites for hydroxylation is 3. The van der Waals surface area contributed by atoms with Gasteiger partial charge in [-0.2, -0.15) is 13.2 Å². The molecule has 8 nitrogen and oxygen atoms in total. The number of halogens is 4. The molecule has 3 aromatic rings. The molecule has 0 amide bonds. The fourth-order valence-electron chi connectivity index (χ4n) is 3.87. The van der Waals surface area contributed by atoms with E-state index in [-0.39, 0.29) is 18.2 Å². The Morgan fingerprint density at radius 1 is 1.03 bits per heavy atom. The van der Waals surface area contributed by atoms with E-state index in [4.69, 9.17) is 14.9 Å². The zero-order valence-electron chi connectivity index (χ0n) is 20.2. The number of nitrogens with one attached hydrogen (secondary N) is 1. The Kier molecular flexibility index (Phi) is 10.1. The van der Waals surface area contributed by atoms with Crippen LogP contribution in [0.1, 0.15) is 52.0 Å². The van der Waals surface area contributed by atoms with Crippen LogP contribution in [0.4, 0.5) is 23.4 Å². The van der Waals surface area contributed by atoms with Crippen LogP contribution in [-0.4, -0.2) is 50.1 Å². The Balaban J connectivity index is 0.000000505. The van der Waals surface area contributed by atoms with E-state index in [2.05, 4.69) is 27.6 Å². The molecule has 3 N–H and O–H groups in total. The van der Waals surface area contributed by atoms with E-state index in [1.165, 1.54) is 29.0 Å². The molecule has 0 aliphatic carbocycles. The summed E-state index contributed by atoms with van der Waals surface area (Å²) in [7, 11) is 0. The molecular weight excluding hydrogens is 528 g/mol. The van der Waals surface area contributed by atoms with Crippen LogP contribution in [0.5, 0.6) is 0 Å². The number of rotatable bonds is 9. The lowest BCUT2D eigenvalue weighted by atomic mass is 9.93. The molecule has 1 unspecified atom stereocenters. The Hall–Kier alpha value is -3.61. The first kappa shape index (κ1) is 29.0. The summed E-state index contributed by atoms with van der Waals surface area (Å²) in [5.74, 6) is -3.21. The van der Waals surface area contributed by atoms with Gasteiger partial charge in [0.1, 0.15) is 21.7 Å². The van der Waals surface area contributed by atoms with Gasteiger partial charge >= 0.3 is 18.1 Å². The van der Waals surface area contributed by atoms with Gasteiger partial charge in [-0.3, -0.25) is 4.79 Å². The van der Waals surface area contributed by atoms with Gasteiger partial charge in [-0.15, -0.1) is 21.5 Å². The zero-order chi connectivity index (χ0) is 27.7. The van der Waals surface area contributed by atoms with Crippen molar-refractivity contribution in [3.05, 3.63) is 69.1 Å². The highest BCUT2D eigenvalue weighted by molar-refractivity contribution is 7.11. The normalized spacial score (nSPS) is 13.5. The minimum Gasteiger partial charge on any atom is -0.481 e. The topological polar surface area (TPSA) is 125 Å². The molecule has 3 heterocycles. The minimum absolute atomic E-state index is 0.0292. The smallest absolute Gasteiger partial charge is 0.481 e. The maximum Gasteiger partial charge on any atom is 0.490 e. The molecule has 4 rings (SSSR count). The predicted molar refractivity (Wildman–Crippen MR) is 132 cm³/mol. The fourth-order valence-corrected chi connectivity index (χ4v) is 4.83. The number of alkyl halides is 3. The van der Waals surface area contributed by atoms with Gasteiger partial charge in [-0.25, -0.2) is 14.2 Å². The zero-order valence-corrected chi connectivity index (χ0v) is 21.0. The van der Waals surface area contributed by atoms with E-state index in [9.17, 15) is 27.5 Å². The van der Waals surface area contributed by atoms with Crippen LogP contribution < -0.4 is 5.32 Å². The van der Waals surface area contributed by atoms with Crippen molar-refractivity contribution in [1.29, 1.82) is 0 Å². The van der Waals surface area contributed by atoms with Crippen LogP contribution in [0.3, 0.4) is 0 Å². The molecule has 1 atom stereocenters. The molecule has 1 aliphatic rings. The van der Waals surface area contributed by atoms with Crippen LogP contribution >= 0.6 is 11.3 Å². The third-order valence-corrected chi connectivity index (χ3v) is 6.72. The van der Waals surface area contributed by atoms with Crippen molar-refractivity contribution in [3.8, 4) is 0 Å². The summed E-state index contributed by atoms with van der Waals surface area (Å²) in [6.45, 7) is 0.984. The number of aliphatic carboxylic acids is 2. The third kappa shape index (κ3) is 9.05. The van der Waals surface area contributed by atoms with E-state index < -0.39 is 18.1 Å². The van der Waals surface area contributed by atoms with Crippen molar-refractivity contribution in [3.63, 3.8) is 0 Å². The Morgan fingerprint density at radius 2 is 1.71 bits per heavy atom. The van der Waals surface area contributed by atoms with Gasteiger partial charge in [0.05, 0.1) is 6.42 Å². The van der Waals surface area contributed by atoms with Crippen molar-refractivity contribution in [2.45, 2.75) is 57.0 Å². The van der Waals surface area contributed by atoms with Crippen molar-refractivity contribution < 1.29 is 37.4 Å². The molecule has 1 aromatic carbocycles. The highest BCUT2D eigenvalue weighted by Crippen LogP contribution is 2.27. The molecule has 204 valence electrons. The Bertz CT molecular complexity index is 1230. The van der Waals surface area contributed by atoms with Crippen molar-refractivity contribution >= 4 is 29.1 Å². The van der Waals surface area contributed by atoms with Crippen LogP contribution in [0.25, 0.3) is 0 Å². The lowest BCUT2D eigenvalue weighted by Crippen LogP contribution is -2.21. The summed E-state index contributed by atoms with van der Waals surface area (Å²) >= 11 is 1.52. The van der Waals surface area contributed by atoms with Gasteiger partial charge in [0, 0.05) is 31.0 Å². The van der Waals surface area contributed by atoms with Crippen LogP contribution in [0.15, 0.2) is 36.4 Å². The van der Waals surface area contributed by atoms with Gasteiger partial charge in [-0.1, -0.05) is 18.2 Å². The highest BCUT2D eigenvalue weighted by Gasteiger charge is 2.38. The van der Waals surface area contributed by atoms with Crippen molar-refractivity contribution in [2.75, 3.05) is 11.9 Å². The molecule has 0 saturated heterocycles. The molecule has 0 fully saturated rings. The summed E-state index contributed by atoms with van der Waals surface area (Å²) in [4.78, 5) is 24.9. The fraction of sp³-hybridized carbons (Fsp3) is 0.400. The van der Waals surface area contributed by atoms with E-state index in [1.54, 1.807) is 12.1 Å². The first-order chi connectivity index (χ1) is 18.0. The van der Waals surface area contributed by atoms with Gasteiger partial charge in [0.25, 0.3) is 0 Å². The molecule has 1 aliphatic heterocycles. The first-order valence-corrected chi connectivity index (χ1v) is 12.6. The molecule has 0 saturated carbocycles. The minimum atomic E-state index is -5.08. The number of carboxylic acid groups (broad SMARTS) is 2. The summed E-state index contributed by atoms with van der Waals surface area (Å²) in [5.41, 5.74) is 3.17. The van der Waals surface area contributed by atoms with Crippen molar-refractivity contribution in [1.82, 2.24) is 15.2 Å². The van der Waals surface area contributed by atoms with Gasteiger partial charge in [0.2, 0.25) is 0 Å². The number of benzene rings is 1. The number of nitrogens with zero attached hydrogens (tertiary/aromatic N) is 3. The Labute approximate surface area is 219 Å². The summed E-state index contributed by atoms with van der Waals surface area (Å²) < 4.78 is 45.0. The summed E-state index contributed by atoms with van der Waals surface area (Å²) in [6.07, 6.45) is 0.222. The maximum absolute atomic E-state index is 13.2. The monoisotopic (exact) mass is 554 g/mol. The second-order valence-electron chi connectivity index (χ2n) is 8.64. The van der Waals surface area contributed by atoms with Gasteiger partial charge in [0.15, 0.2) is 0 Å². The number of fused-ring (bicyclic) bond motifs is 1. The van der Waals surface area contributed by atoms with Gasteiger partial charge < -0.3 is 15.5 Å².